The third-order valence-corrected chi connectivity index (χ3v) is 4.89. The Bertz CT molecular complexity index is 496. The molecule has 0 N–H and O–H groups in total. The molecular formula is C8H8N2O2S2. The molecule has 2 rings (SSSR count). The predicted octanol–water partition coefficient (Wildman–Crippen LogP) is 0.680. The monoisotopic (exact) mass is 228 g/mol. The van der Waals surface area contributed by atoms with Gasteiger partial charge in [0.1, 0.15) is 5.01 Å². The van der Waals surface area contributed by atoms with Crippen molar-refractivity contribution in [3.63, 3.8) is 0 Å². The van der Waals surface area contributed by atoms with Crippen LogP contribution in [0, 0.1) is 11.3 Å². The minimum absolute atomic E-state index is 0.103. The first-order valence-electron chi connectivity index (χ1n) is 4.15. The van der Waals surface area contributed by atoms with Gasteiger partial charge in [0.05, 0.1) is 29.7 Å². The topological polar surface area (TPSA) is 70.8 Å². The number of sulfone groups is 1. The van der Waals surface area contributed by atoms with E-state index in [9.17, 15) is 8.42 Å². The summed E-state index contributed by atoms with van der Waals surface area (Å²) in [5, 5.41) is 9.21. The summed E-state index contributed by atoms with van der Waals surface area (Å²) in [4.78, 5) is 5.06. The average Bonchev–Trinajstić information content (AvgIpc) is 2.45. The van der Waals surface area contributed by atoms with Gasteiger partial charge >= 0.3 is 0 Å². The lowest BCUT2D eigenvalue weighted by Gasteiger charge is -2.09. The largest absolute Gasteiger partial charge is 0.245 e. The first-order valence-corrected chi connectivity index (χ1v) is 6.79. The predicted molar refractivity (Wildman–Crippen MR) is 52.6 cm³/mol. The molecule has 0 radical (unpaired) electrons. The number of aryl methyl sites for hydroxylation is 1. The number of hydrogen-bond acceptors (Lipinski definition) is 5. The molecule has 1 aliphatic rings. The number of nitrogens with zero attached hydrogens (tertiary/aromatic N) is 2. The molecule has 0 aliphatic carbocycles. The van der Waals surface area contributed by atoms with E-state index in [2.05, 4.69) is 4.98 Å². The van der Waals surface area contributed by atoms with Gasteiger partial charge in [-0.1, -0.05) is 0 Å². The van der Waals surface area contributed by atoms with E-state index in [1.807, 2.05) is 6.07 Å². The molecule has 0 bridgehead atoms. The van der Waals surface area contributed by atoms with Crippen LogP contribution in [0.1, 0.15) is 15.6 Å². The Labute approximate surface area is 86.1 Å². The summed E-state index contributed by atoms with van der Waals surface area (Å²) in [5.41, 5.74) is 0.870. The quantitative estimate of drug-likeness (QED) is 0.708. The third-order valence-electron chi connectivity index (χ3n) is 2.05. The van der Waals surface area contributed by atoms with Crippen molar-refractivity contribution >= 4 is 21.2 Å². The molecule has 0 saturated carbocycles. The Morgan fingerprint density at radius 1 is 1.57 bits per heavy atom. The van der Waals surface area contributed by atoms with Crippen LogP contribution in [0.3, 0.4) is 0 Å². The minimum atomic E-state index is -2.91. The summed E-state index contributed by atoms with van der Waals surface area (Å²) in [6, 6.07) is 2.01. The smallest absolute Gasteiger partial charge is 0.155 e. The fourth-order valence-electron chi connectivity index (χ4n) is 1.41. The van der Waals surface area contributed by atoms with E-state index in [-0.39, 0.29) is 17.9 Å². The zero-order valence-corrected chi connectivity index (χ0v) is 8.99. The summed E-state index contributed by atoms with van der Waals surface area (Å²) in [7, 11) is -2.91. The van der Waals surface area contributed by atoms with E-state index in [1.165, 1.54) is 11.3 Å². The van der Waals surface area contributed by atoms with E-state index in [0.29, 0.717) is 6.42 Å². The fraction of sp³-hybridized carbons (Fsp3) is 0.500. The molecule has 0 fully saturated rings. The van der Waals surface area contributed by atoms with Crippen LogP contribution in [0.4, 0.5) is 0 Å². The first kappa shape index (κ1) is 9.62. The lowest BCUT2D eigenvalue weighted by atomic mass is 10.3. The molecule has 1 aromatic rings. The van der Waals surface area contributed by atoms with Crippen molar-refractivity contribution in [3.05, 3.63) is 15.6 Å². The molecule has 0 aromatic carbocycles. The van der Waals surface area contributed by atoms with Crippen molar-refractivity contribution in [1.29, 1.82) is 5.26 Å². The highest BCUT2D eigenvalue weighted by molar-refractivity contribution is 7.90. The normalized spacial score (nSPS) is 18.5. The molecule has 4 nitrogen and oxygen atoms in total. The Morgan fingerprint density at radius 2 is 2.36 bits per heavy atom. The lowest BCUT2D eigenvalue weighted by molar-refractivity contribution is 0.591. The van der Waals surface area contributed by atoms with Crippen molar-refractivity contribution in [2.24, 2.45) is 0 Å². The number of aromatic nitrogens is 1. The van der Waals surface area contributed by atoms with Crippen molar-refractivity contribution in [2.45, 2.75) is 18.6 Å². The molecule has 1 aliphatic heterocycles. The summed E-state index contributed by atoms with van der Waals surface area (Å²) in [5.74, 6) is 0.293. The van der Waals surface area contributed by atoms with Gasteiger partial charge in [0.15, 0.2) is 9.84 Å². The van der Waals surface area contributed by atoms with E-state index in [4.69, 9.17) is 5.26 Å². The Morgan fingerprint density at radius 3 is 3.07 bits per heavy atom. The molecule has 6 heteroatoms. The Kier molecular flexibility index (Phi) is 2.29. The van der Waals surface area contributed by atoms with Gasteiger partial charge in [-0.2, -0.15) is 5.26 Å². The van der Waals surface area contributed by atoms with E-state index < -0.39 is 9.84 Å². The summed E-state index contributed by atoms with van der Waals surface area (Å²) in [6.07, 6.45) is 0.775. The Balaban J connectivity index is 2.35. The van der Waals surface area contributed by atoms with E-state index in [1.54, 1.807) is 0 Å². The lowest BCUT2D eigenvalue weighted by Crippen LogP contribution is -2.17. The van der Waals surface area contributed by atoms with Crippen molar-refractivity contribution in [1.82, 2.24) is 4.98 Å². The molecule has 0 unspecified atom stereocenters. The average molecular weight is 228 g/mol. The van der Waals surface area contributed by atoms with Crippen molar-refractivity contribution < 1.29 is 8.42 Å². The number of nitriles is 1. The van der Waals surface area contributed by atoms with Crippen LogP contribution < -0.4 is 0 Å². The molecular weight excluding hydrogens is 220 g/mol. The molecule has 0 atom stereocenters. The van der Waals surface area contributed by atoms with Gasteiger partial charge < -0.3 is 0 Å². The van der Waals surface area contributed by atoms with Crippen LogP contribution in [0.5, 0.6) is 0 Å². The minimum Gasteiger partial charge on any atom is -0.245 e. The highest BCUT2D eigenvalue weighted by atomic mass is 32.2. The van der Waals surface area contributed by atoms with Gasteiger partial charge in [-0.05, 0) is 0 Å². The van der Waals surface area contributed by atoms with Gasteiger partial charge in [-0.3, -0.25) is 0 Å². The standard InChI is InChI=1S/C8H8N2O2S2/c9-3-1-8-10-6-2-4-14(11,12)5-7(6)13-8/h1-2,4-5H2. The van der Waals surface area contributed by atoms with Crippen LogP contribution in [-0.4, -0.2) is 19.2 Å². The van der Waals surface area contributed by atoms with Crippen molar-refractivity contribution in [3.8, 4) is 6.07 Å². The van der Waals surface area contributed by atoms with Crippen LogP contribution in [0.25, 0.3) is 0 Å². The maximum absolute atomic E-state index is 11.3. The van der Waals surface area contributed by atoms with Gasteiger partial charge in [0.2, 0.25) is 0 Å². The maximum Gasteiger partial charge on any atom is 0.155 e. The van der Waals surface area contributed by atoms with Gasteiger partial charge in [0, 0.05) is 11.3 Å². The molecule has 1 aromatic heterocycles. The zero-order chi connectivity index (χ0) is 10.2. The summed E-state index contributed by atoms with van der Waals surface area (Å²) >= 11 is 1.35. The van der Waals surface area contributed by atoms with Gasteiger partial charge in [-0.15, -0.1) is 11.3 Å². The van der Waals surface area contributed by atoms with E-state index >= 15 is 0 Å². The number of thiazole rings is 1. The second-order valence-electron chi connectivity index (χ2n) is 3.15. The van der Waals surface area contributed by atoms with Gasteiger partial charge in [0.25, 0.3) is 0 Å². The number of hydrogen-bond donors (Lipinski definition) is 0. The molecule has 0 spiro atoms. The number of rotatable bonds is 1. The molecule has 0 saturated heterocycles. The molecule has 0 amide bonds. The molecule has 2 heterocycles. The second kappa shape index (κ2) is 3.33. The second-order valence-corrected chi connectivity index (χ2v) is 6.51. The van der Waals surface area contributed by atoms with Crippen LogP contribution in [0.15, 0.2) is 0 Å². The van der Waals surface area contributed by atoms with Crippen LogP contribution >= 0.6 is 11.3 Å². The maximum atomic E-state index is 11.3. The summed E-state index contributed by atoms with van der Waals surface area (Å²) < 4.78 is 22.6. The zero-order valence-electron chi connectivity index (χ0n) is 7.36. The van der Waals surface area contributed by atoms with E-state index in [0.717, 1.165) is 15.6 Å². The number of fused-ring (bicyclic) bond motifs is 1. The summed E-state index contributed by atoms with van der Waals surface area (Å²) in [6.45, 7) is 0. The van der Waals surface area contributed by atoms with Crippen LogP contribution in [-0.2, 0) is 28.4 Å². The van der Waals surface area contributed by atoms with Crippen LogP contribution in [0.2, 0.25) is 0 Å². The first-order chi connectivity index (χ1) is 6.61. The SMILES string of the molecule is N#CCc1nc2c(s1)CS(=O)(=O)CC2. The van der Waals surface area contributed by atoms with Crippen molar-refractivity contribution in [2.75, 3.05) is 5.75 Å². The third kappa shape index (κ3) is 1.79. The molecule has 14 heavy (non-hydrogen) atoms. The fourth-order valence-corrected chi connectivity index (χ4v) is 4.24. The highest BCUT2D eigenvalue weighted by Crippen LogP contribution is 2.26. The highest BCUT2D eigenvalue weighted by Gasteiger charge is 2.24. The Hall–Kier alpha value is -0.930. The van der Waals surface area contributed by atoms with Gasteiger partial charge in [-0.25, -0.2) is 13.4 Å². The molecule has 74 valence electrons.